The number of ether oxygens (including phenoxy) is 1. The van der Waals surface area contributed by atoms with Crippen LogP contribution in [0.1, 0.15) is 0 Å². The number of hydrogen-bond donors (Lipinski definition) is 1. The van der Waals surface area contributed by atoms with Crippen LogP contribution in [0.25, 0.3) is 0 Å². The van der Waals surface area contributed by atoms with Crippen LogP contribution in [0, 0.1) is 0 Å². The monoisotopic (exact) mass is 389 g/mol. The molecular weight excluding hydrogens is 370 g/mol. The highest BCUT2D eigenvalue weighted by Gasteiger charge is 2.31. The molecule has 0 aliphatic carbocycles. The molecule has 1 aliphatic rings. The van der Waals surface area contributed by atoms with Crippen LogP contribution < -0.4 is 19.3 Å². The molecule has 0 spiro atoms. The predicted molar refractivity (Wildman–Crippen MR) is 103 cm³/mol. The molecule has 0 fully saturated rings. The highest BCUT2D eigenvalue weighted by molar-refractivity contribution is 7.92. The number of nitrogens with one attached hydrogen (secondary N) is 1. The largest absolute Gasteiger partial charge is 0.495 e. The number of fused-ring (bicyclic) bond motifs is 1. The SMILES string of the molecule is COc1ccccc1N(CC(=O)N1CC(=O)Nc2ccccc21)S(C)(=O)=O. The number of sulfonamides is 1. The van der Waals surface area contributed by atoms with Gasteiger partial charge in [-0.2, -0.15) is 0 Å². The molecular formula is C18H19N3O5S. The van der Waals surface area contributed by atoms with Gasteiger partial charge < -0.3 is 10.1 Å². The minimum absolute atomic E-state index is 0.181. The Balaban J connectivity index is 1.96. The average molecular weight is 389 g/mol. The number of anilines is 3. The highest BCUT2D eigenvalue weighted by atomic mass is 32.2. The maximum absolute atomic E-state index is 12.9. The van der Waals surface area contributed by atoms with Gasteiger partial charge in [0, 0.05) is 0 Å². The number of para-hydroxylation sites is 4. The number of benzene rings is 2. The van der Waals surface area contributed by atoms with Gasteiger partial charge in [0.25, 0.3) is 0 Å². The second-order valence-corrected chi connectivity index (χ2v) is 7.89. The van der Waals surface area contributed by atoms with Gasteiger partial charge in [-0.25, -0.2) is 8.42 Å². The van der Waals surface area contributed by atoms with E-state index in [2.05, 4.69) is 5.32 Å². The van der Waals surface area contributed by atoms with Crippen molar-refractivity contribution >= 4 is 38.9 Å². The van der Waals surface area contributed by atoms with Crippen molar-refractivity contribution in [2.24, 2.45) is 0 Å². The van der Waals surface area contributed by atoms with Crippen LogP contribution >= 0.6 is 0 Å². The molecule has 0 saturated heterocycles. The van der Waals surface area contributed by atoms with Crippen molar-refractivity contribution in [1.82, 2.24) is 0 Å². The molecule has 0 saturated carbocycles. The van der Waals surface area contributed by atoms with E-state index in [0.717, 1.165) is 10.6 Å². The van der Waals surface area contributed by atoms with Gasteiger partial charge in [0.15, 0.2) is 0 Å². The first-order valence-electron chi connectivity index (χ1n) is 8.11. The van der Waals surface area contributed by atoms with E-state index in [1.54, 1.807) is 48.5 Å². The van der Waals surface area contributed by atoms with Gasteiger partial charge in [-0.1, -0.05) is 24.3 Å². The highest BCUT2D eigenvalue weighted by Crippen LogP contribution is 2.32. The second-order valence-electron chi connectivity index (χ2n) is 5.99. The molecule has 3 rings (SSSR count). The van der Waals surface area contributed by atoms with E-state index >= 15 is 0 Å². The molecule has 27 heavy (non-hydrogen) atoms. The van der Waals surface area contributed by atoms with Crippen LogP contribution in [0.3, 0.4) is 0 Å². The number of methoxy groups -OCH3 is 1. The number of carbonyl (C=O) groups is 2. The molecule has 1 N–H and O–H groups in total. The minimum Gasteiger partial charge on any atom is -0.495 e. The maximum Gasteiger partial charge on any atom is 0.248 e. The number of nitrogens with zero attached hydrogens (tertiary/aromatic N) is 2. The zero-order chi connectivity index (χ0) is 19.6. The summed E-state index contributed by atoms with van der Waals surface area (Å²) in [5.74, 6) is -0.536. The van der Waals surface area contributed by atoms with E-state index in [-0.39, 0.29) is 18.1 Å². The Morgan fingerprint density at radius 3 is 2.56 bits per heavy atom. The lowest BCUT2D eigenvalue weighted by Gasteiger charge is -2.31. The Morgan fingerprint density at radius 2 is 1.85 bits per heavy atom. The quantitative estimate of drug-likeness (QED) is 0.835. The van der Waals surface area contributed by atoms with E-state index in [1.165, 1.54) is 12.0 Å². The summed E-state index contributed by atoms with van der Waals surface area (Å²) in [4.78, 5) is 26.2. The molecule has 9 heteroatoms. The van der Waals surface area contributed by atoms with Gasteiger partial charge in [0.1, 0.15) is 18.8 Å². The van der Waals surface area contributed by atoms with Crippen molar-refractivity contribution in [3.63, 3.8) is 0 Å². The topological polar surface area (TPSA) is 96.0 Å². The van der Waals surface area contributed by atoms with Crippen molar-refractivity contribution in [1.29, 1.82) is 0 Å². The summed E-state index contributed by atoms with van der Waals surface area (Å²) in [5.41, 5.74) is 1.28. The van der Waals surface area contributed by atoms with Crippen molar-refractivity contribution < 1.29 is 22.7 Å². The van der Waals surface area contributed by atoms with E-state index in [0.29, 0.717) is 17.1 Å². The van der Waals surface area contributed by atoms with Crippen molar-refractivity contribution in [3.8, 4) is 5.75 Å². The van der Waals surface area contributed by atoms with Crippen molar-refractivity contribution in [2.75, 3.05) is 41.0 Å². The Bertz CT molecular complexity index is 990. The molecule has 2 aromatic rings. The molecule has 1 heterocycles. The summed E-state index contributed by atoms with van der Waals surface area (Å²) in [6.45, 7) is -0.639. The lowest BCUT2D eigenvalue weighted by atomic mass is 10.2. The second kappa shape index (κ2) is 7.28. The average Bonchev–Trinajstić information content (AvgIpc) is 2.64. The number of carbonyl (C=O) groups excluding carboxylic acids is 2. The summed E-state index contributed by atoms with van der Waals surface area (Å²) in [6.07, 6.45) is 1.02. The molecule has 8 nitrogen and oxygen atoms in total. The number of amides is 2. The van der Waals surface area contributed by atoms with Gasteiger partial charge in [0.05, 0.1) is 30.4 Å². The lowest BCUT2D eigenvalue weighted by Crippen LogP contribution is -2.47. The van der Waals surface area contributed by atoms with Crippen molar-refractivity contribution in [3.05, 3.63) is 48.5 Å². The fraction of sp³-hybridized carbons (Fsp3) is 0.222. The van der Waals surface area contributed by atoms with Gasteiger partial charge >= 0.3 is 0 Å². The molecule has 0 atom stereocenters. The van der Waals surface area contributed by atoms with Crippen molar-refractivity contribution in [2.45, 2.75) is 0 Å². The molecule has 0 unspecified atom stereocenters. The lowest BCUT2D eigenvalue weighted by molar-refractivity contribution is -0.121. The molecule has 1 aliphatic heterocycles. The fourth-order valence-corrected chi connectivity index (χ4v) is 3.73. The standard InChI is InChI=1S/C18H19N3O5S/c1-26-16-10-6-5-9-15(16)21(27(2,24)25)12-18(23)20-11-17(22)19-13-7-3-4-8-14(13)20/h3-10H,11-12H2,1-2H3,(H,19,22). The van der Waals surface area contributed by atoms with E-state index in [9.17, 15) is 18.0 Å². The Morgan fingerprint density at radius 1 is 1.19 bits per heavy atom. The Hall–Kier alpha value is -3.07. The first-order valence-corrected chi connectivity index (χ1v) is 9.96. The normalized spacial score (nSPS) is 13.6. The summed E-state index contributed by atoms with van der Waals surface area (Å²) < 4.78 is 30.9. The van der Waals surface area contributed by atoms with Crippen LogP contribution in [0.15, 0.2) is 48.5 Å². The third-order valence-corrected chi connectivity index (χ3v) is 5.23. The number of hydrogen-bond acceptors (Lipinski definition) is 5. The van der Waals surface area contributed by atoms with Gasteiger partial charge in [-0.15, -0.1) is 0 Å². The summed E-state index contributed by atoms with van der Waals surface area (Å²) in [7, 11) is -2.35. The van der Waals surface area contributed by atoms with Crippen LogP contribution in [-0.4, -0.2) is 46.7 Å². The van der Waals surface area contributed by atoms with Crippen LogP contribution in [0.2, 0.25) is 0 Å². The van der Waals surface area contributed by atoms with E-state index in [1.807, 2.05) is 0 Å². The van der Waals surface area contributed by atoms with Gasteiger partial charge in [0.2, 0.25) is 21.8 Å². The summed E-state index contributed by atoms with van der Waals surface area (Å²) in [5, 5.41) is 2.69. The van der Waals surface area contributed by atoms with E-state index in [4.69, 9.17) is 4.74 Å². The predicted octanol–water partition coefficient (Wildman–Crippen LogP) is 1.45. The zero-order valence-corrected chi connectivity index (χ0v) is 15.7. The molecule has 2 amide bonds. The minimum atomic E-state index is -3.77. The van der Waals surface area contributed by atoms with Gasteiger partial charge in [-0.3, -0.25) is 18.8 Å². The molecule has 0 bridgehead atoms. The molecule has 0 radical (unpaired) electrons. The zero-order valence-electron chi connectivity index (χ0n) is 14.9. The molecule has 142 valence electrons. The Labute approximate surface area is 157 Å². The van der Waals surface area contributed by atoms with Crippen LogP contribution in [0.5, 0.6) is 5.75 Å². The third kappa shape index (κ3) is 3.87. The van der Waals surface area contributed by atoms with Crippen LogP contribution in [0.4, 0.5) is 17.1 Å². The van der Waals surface area contributed by atoms with Gasteiger partial charge in [-0.05, 0) is 24.3 Å². The summed E-state index contributed by atoms with van der Waals surface area (Å²) >= 11 is 0. The summed E-state index contributed by atoms with van der Waals surface area (Å²) in [6, 6.07) is 13.4. The molecule has 2 aromatic carbocycles. The fourth-order valence-electron chi connectivity index (χ4n) is 2.88. The first kappa shape index (κ1) is 18.7. The first-order chi connectivity index (χ1) is 12.8. The molecule has 0 aromatic heterocycles. The van der Waals surface area contributed by atoms with E-state index < -0.39 is 22.5 Å². The van der Waals surface area contributed by atoms with Crippen LogP contribution in [-0.2, 0) is 19.6 Å². The maximum atomic E-state index is 12.9. The number of rotatable bonds is 5. The smallest absolute Gasteiger partial charge is 0.248 e. The third-order valence-electron chi connectivity index (χ3n) is 4.10. The Kier molecular flexibility index (Phi) is 5.04.